The first-order valence-corrected chi connectivity index (χ1v) is 8.68. The van der Waals surface area contributed by atoms with Gasteiger partial charge in [0.15, 0.2) is 0 Å². The van der Waals surface area contributed by atoms with Gasteiger partial charge in [-0.05, 0) is 50.0 Å². The Morgan fingerprint density at radius 1 is 0.957 bits per heavy atom. The summed E-state index contributed by atoms with van der Waals surface area (Å²) in [6.45, 7) is 7.86. The number of para-hydroxylation sites is 1. The van der Waals surface area contributed by atoms with Crippen molar-refractivity contribution in [2.24, 2.45) is 0 Å². The predicted molar refractivity (Wildman–Crippen MR) is 98.2 cm³/mol. The van der Waals surface area contributed by atoms with E-state index in [0.717, 1.165) is 37.1 Å². The molecule has 23 heavy (non-hydrogen) atoms. The highest BCUT2D eigenvalue weighted by Crippen LogP contribution is 2.34. The molecule has 3 aromatic rings. The van der Waals surface area contributed by atoms with Crippen LogP contribution in [0.15, 0.2) is 36.4 Å². The normalized spacial score (nSPS) is 11.8. The van der Waals surface area contributed by atoms with Crippen molar-refractivity contribution in [2.75, 3.05) is 19.6 Å². The van der Waals surface area contributed by atoms with Crippen molar-refractivity contribution < 1.29 is 5.11 Å². The zero-order chi connectivity index (χ0) is 16.2. The number of aromatic hydroxyl groups is 1. The zero-order valence-corrected chi connectivity index (χ0v) is 14.1. The minimum Gasteiger partial charge on any atom is -0.506 e. The highest BCUT2D eigenvalue weighted by atomic mass is 16.3. The minimum absolute atomic E-state index is 0.332. The van der Waals surface area contributed by atoms with Crippen LogP contribution >= 0.6 is 0 Å². The van der Waals surface area contributed by atoms with Gasteiger partial charge in [0, 0.05) is 22.8 Å². The van der Waals surface area contributed by atoms with Crippen molar-refractivity contribution in [2.45, 2.75) is 33.1 Å². The number of phenolic OH excluding ortho intramolecular Hbond substituents is 1. The third-order valence-electron chi connectivity index (χ3n) is 4.50. The first kappa shape index (κ1) is 15.9. The third-order valence-corrected chi connectivity index (χ3v) is 4.50. The molecule has 3 nitrogen and oxygen atoms in total. The molecule has 0 aliphatic rings. The van der Waals surface area contributed by atoms with Gasteiger partial charge in [0.25, 0.3) is 0 Å². The van der Waals surface area contributed by atoms with Crippen molar-refractivity contribution in [3.63, 3.8) is 0 Å². The summed E-state index contributed by atoms with van der Waals surface area (Å²) in [7, 11) is 0. The Kier molecular flexibility index (Phi) is 4.87. The lowest BCUT2D eigenvalue weighted by Crippen LogP contribution is -2.27. The quantitative estimate of drug-likeness (QED) is 0.664. The molecule has 0 amide bonds. The van der Waals surface area contributed by atoms with E-state index in [2.05, 4.69) is 48.0 Å². The van der Waals surface area contributed by atoms with E-state index in [1.165, 1.54) is 29.2 Å². The summed E-state index contributed by atoms with van der Waals surface area (Å²) in [6, 6.07) is 12.2. The number of fused-ring (bicyclic) bond motifs is 3. The van der Waals surface area contributed by atoms with Gasteiger partial charge in [-0.25, -0.2) is 0 Å². The smallest absolute Gasteiger partial charge is 0.139 e. The minimum atomic E-state index is 0.332. The highest BCUT2D eigenvalue weighted by molar-refractivity contribution is 6.10. The molecule has 0 saturated carbocycles. The van der Waals surface area contributed by atoms with Crippen LogP contribution in [0, 0.1) is 0 Å². The van der Waals surface area contributed by atoms with Gasteiger partial charge < -0.3 is 15.0 Å². The van der Waals surface area contributed by atoms with Crippen LogP contribution in [0.3, 0.4) is 0 Å². The summed E-state index contributed by atoms with van der Waals surface area (Å²) < 4.78 is 0. The molecule has 0 radical (unpaired) electrons. The van der Waals surface area contributed by atoms with Crippen LogP contribution in [-0.4, -0.2) is 34.6 Å². The average Bonchev–Trinajstić information content (AvgIpc) is 2.95. The Balaban J connectivity index is 1.96. The molecular formula is C20H26N2O. The van der Waals surface area contributed by atoms with E-state index < -0.39 is 0 Å². The van der Waals surface area contributed by atoms with Gasteiger partial charge >= 0.3 is 0 Å². The van der Waals surface area contributed by atoms with Crippen LogP contribution in [0.2, 0.25) is 0 Å². The van der Waals surface area contributed by atoms with E-state index in [9.17, 15) is 5.11 Å². The standard InChI is InChI=1S/C20H26N2O/c1-3-12-22(13-4-2)14-11-15-9-10-18(23)20-19(15)16-7-5-6-8-17(16)21-20/h5-10,21,23H,3-4,11-14H2,1-2H3. The fraction of sp³-hybridized carbons (Fsp3) is 0.400. The molecule has 2 N–H and O–H groups in total. The van der Waals surface area contributed by atoms with Gasteiger partial charge in [-0.15, -0.1) is 0 Å². The molecule has 122 valence electrons. The van der Waals surface area contributed by atoms with Crippen molar-refractivity contribution >= 4 is 21.8 Å². The molecule has 1 aromatic heterocycles. The fourth-order valence-electron chi connectivity index (χ4n) is 3.47. The number of rotatable bonds is 7. The number of hydrogen-bond acceptors (Lipinski definition) is 2. The largest absolute Gasteiger partial charge is 0.506 e. The predicted octanol–water partition coefficient (Wildman–Crippen LogP) is 4.69. The first-order chi connectivity index (χ1) is 11.2. The molecule has 3 rings (SSSR count). The van der Waals surface area contributed by atoms with Crippen molar-refractivity contribution in [3.05, 3.63) is 42.0 Å². The van der Waals surface area contributed by atoms with E-state index in [4.69, 9.17) is 0 Å². The Labute approximate surface area is 137 Å². The van der Waals surface area contributed by atoms with E-state index >= 15 is 0 Å². The molecule has 0 bridgehead atoms. The maximum Gasteiger partial charge on any atom is 0.139 e. The van der Waals surface area contributed by atoms with Gasteiger partial charge in [0.05, 0.1) is 5.52 Å². The highest BCUT2D eigenvalue weighted by Gasteiger charge is 2.13. The molecule has 0 spiro atoms. The second kappa shape index (κ2) is 7.05. The van der Waals surface area contributed by atoms with E-state index in [0.29, 0.717) is 5.75 Å². The van der Waals surface area contributed by atoms with Crippen molar-refractivity contribution in [3.8, 4) is 5.75 Å². The number of aromatic nitrogens is 1. The number of phenols is 1. The van der Waals surface area contributed by atoms with Crippen molar-refractivity contribution in [1.82, 2.24) is 9.88 Å². The molecule has 3 heteroatoms. The molecule has 0 aliphatic heterocycles. The third kappa shape index (κ3) is 3.20. The Hall–Kier alpha value is -2.00. The lowest BCUT2D eigenvalue weighted by molar-refractivity contribution is 0.278. The average molecular weight is 310 g/mol. The molecule has 2 aromatic carbocycles. The lowest BCUT2D eigenvalue weighted by Gasteiger charge is -2.21. The zero-order valence-electron chi connectivity index (χ0n) is 14.1. The molecular weight excluding hydrogens is 284 g/mol. The second-order valence-corrected chi connectivity index (χ2v) is 6.26. The number of hydrogen-bond donors (Lipinski definition) is 2. The maximum atomic E-state index is 10.2. The molecule has 0 atom stereocenters. The number of nitrogens with one attached hydrogen (secondary N) is 1. The summed E-state index contributed by atoms with van der Waals surface area (Å²) >= 11 is 0. The van der Waals surface area contributed by atoms with E-state index in [1.54, 1.807) is 0 Å². The van der Waals surface area contributed by atoms with E-state index in [1.807, 2.05) is 12.1 Å². The van der Waals surface area contributed by atoms with Crippen LogP contribution < -0.4 is 0 Å². The molecule has 0 unspecified atom stereocenters. The fourth-order valence-corrected chi connectivity index (χ4v) is 3.47. The summed E-state index contributed by atoms with van der Waals surface area (Å²) in [6.07, 6.45) is 3.40. The molecule has 1 heterocycles. The van der Waals surface area contributed by atoms with Crippen LogP contribution in [0.1, 0.15) is 32.3 Å². The van der Waals surface area contributed by atoms with Gasteiger partial charge in [0.2, 0.25) is 0 Å². The molecule has 0 aliphatic carbocycles. The summed E-state index contributed by atoms with van der Waals surface area (Å²) in [5, 5.41) is 12.6. The number of nitrogens with zero attached hydrogens (tertiary/aromatic N) is 1. The lowest BCUT2D eigenvalue weighted by atomic mass is 10.0. The summed E-state index contributed by atoms with van der Waals surface area (Å²) in [5.41, 5.74) is 3.26. The van der Waals surface area contributed by atoms with Crippen molar-refractivity contribution in [1.29, 1.82) is 0 Å². The van der Waals surface area contributed by atoms with Crippen LogP contribution in [0.25, 0.3) is 21.8 Å². The van der Waals surface area contributed by atoms with Gasteiger partial charge in [0.1, 0.15) is 5.75 Å². The van der Waals surface area contributed by atoms with E-state index in [-0.39, 0.29) is 0 Å². The van der Waals surface area contributed by atoms with Gasteiger partial charge in [-0.1, -0.05) is 38.1 Å². The van der Waals surface area contributed by atoms with Gasteiger partial charge in [-0.3, -0.25) is 0 Å². The topological polar surface area (TPSA) is 39.3 Å². The summed E-state index contributed by atoms with van der Waals surface area (Å²) in [5.74, 6) is 0.332. The van der Waals surface area contributed by atoms with Crippen LogP contribution in [-0.2, 0) is 6.42 Å². The maximum absolute atomic E-state index is 10.2. The first-order valence-electron chi connectivity index (χ1n) is 8.68. The number of benzene rings is 2. The van der Waals surface area contributed by atoms with Crippen LogP contribution in [0.5, 0.6) is 5.75 Å². The monoisotopic (exact) mass is 310 g/mol. The molecule has 0 fully saturated rings. The number of H-pyrrole nitrogens is 1. The summed E-state index contributed by atoms with van der Waals surface area (Å²) in [4.78, 5) is 5.90. The number of aromatic amines is 1. The van der Waals surface area contributed by atoms with Crippen LogP contribution in [0.4, 0.5) is 0 Å². The second-order valence-electron chi connectivity index (χ2n) is 6.26. The molecule has 0 saturated heterocycles. The Morgan fingerprint density at radius 3 is 2.43 bits per heavy atom. The SMILES string of the molecule is CCCN(CCC)CCc1ccc(O)c2[nH]c3ccccc3c12. The Bertz CT molecular complexity index is 785. The Morgan fingerprint density at radius 2 is 1.70 bits per heavy atom. The van der Waals surface area contributed by atoms with Gasteiger partial charge in [-0.2, -0.15) is 0 Å².